The molecule has 0 unspecified atom stereocenters. The van der Waals surface area contributed by atoms with E-state index in [9.17, 15) is 9.65 Å². The lowest BCUT2D eigenvalue weighted by atomic mass is 9.97. The standard InChI is InChI=1S/C20H15BrFN3O/c1-2-26-19-8-5-13(21)9-16(19)15-10-18(25-20(24)17(15)11-23)12-3-6-14(22)7-4-12/h3-10H,2H2,1H3,(H2,24,25). The third-order valence-corrected chi connectivity index (χ3v) is 4.32. The molecule has 0 fully saturated rings. The van der Waals surface area contributed by atoms with Crippen LogP contribution in [0.1, 0.15) is 12.5 Å². The van der Waals surface area contributed by atoms with Gasteiger partial charge in [-0.15, -0.1) is 0 Å². The molecule has 130 valence electrons. The number of hydrogen-bond acceptors (Lipinski definition) is 4. The fourth-order valence-electron chi connectivity index (χ4n) is 2.66. The van der Waals surface area contributed by atoms with E-state index in [0.717, 1.165) is 10.0 Å². The maximum absolute atomic E-state index is 13.2. The molecule has 0 bridgehead atoms. The number of anilines is 1. The van der Waals surface area contributed by atoms with Crippen LogP contribution in [0.4, 0.5) is 10.2 Å². The Labute approximate surface area is 159 Å². The van der Waals surface area contributed by atoms with E-state index < -0.39 is 0 Å². The average molecular weight is 412 g/mol. The maximum atomic E-state index is 13.2. The number of benzene rings is 2. The van der Waals surface area contributed by atoms with Gasteiger partial charge in [-0.05, 0) is 55.5 Å². The molecule has 1 heterocycles. The monoisotopic (exact) mass is 411 g/mol. The number of rotatable bonds is 4. The molecule has 3 aromatic rings. The zero-order valence-electron chi connectivity index (χ0n) is 14.0. The molecule has 0 spiro atoms. The molecule has 0 saturated heterocycles. The van der Waals surface area contributed by atoms with Crippen molar-refractivity contribution < 1.29 is 9.13 Å². The van der Waals surface area contributed by atoms with Crippen molar-refractivity contribution in [3.63, 3.8) is 0 Å². The van der Waals surface area contributed by atoms with Crippen LogP contribution in [0.2, 0.25) is 0 Å². The van der Waals surface area contributed by atoms with Crippen molar-refractivity contribution in [1.82, 2.24) is 4.98 Å². The van der Waals surface area contributed by atoms with Crippen molar-refractivity contribution in [2.45, 2.75) is 6.92 Å². The van der Waals surface area contributed by atoms with Crippen LogP contribution >= 0.6 is 15.9 Å². The SMILES string of the molecule is CCOc1ccc(Br)cc1-c1cc(-c2ccc(F)cc2)nc(N)c1C#N. The molecule has 0 aliphatic rings. The van der Waals surface area contributed by atoms with Crippen LogP contribution in [0.3, 0.4) is 0 Å². The first-order valence-corrected chi connectivity index (χ1v) is 8.72. The first kappa shape index (κ1) is 17.9. The zero-order chi connectivity index (χ0) is 18.7. The number of ether oxygens (including phenoxy) is 1. The molecule has 0 aliphatic carbocycles. The summed E-state index contributed by atoms with van der Waals surface area (Å²) in [6, 6.07) is 15.4. The predicted octanol–water partition coefficient (Wildman–Crippen LogP) is 5.17. The summed E-state index contributed by atoms with van der Waals surface area (Å²) in [5, 5.41) is 9.58. The number of nitrogen functional groups attached to an aromatic ring is 1. The number of pyridine rings is 1. The average Bonchev–Trinajstić information content (AvgIpc) is 2.63. The Morgan fingerprint density at radius 3 is 2.54 bits per heavy atom. The topological polar surface area (TPSA) is 71.9 Å². The summed E-state index contributed by atoms with van der Waals surface area (Å²) in [5.41, 5.74) is 8.92. The summed E-state index contributed by atoms with van der Waals surface area (Å²) in [6.07, 6.45) is 0. The smallest absolute Gasteiger partial charge is 0.142 e. The number of halogens is 2. The fraction of sp³-hybridized carbons (Fsp3) is 0.100. The first-order valence-electron chi connectivity index (χ1n) is 7.92. The highest BCUT2D eigenvalue weighted by Gasteiger charge is 2.17. The van der Waals surface area contributed by atoms with Gasteiger partial charge in [-0.2, -0.15) is 5.26 Å². The largest absolute Gasteiger partial charge is 0.493 e. The summed E-state index contributed by atoms with van der Waals surface area (Å²) in [6.45, 7) is 2.38. The van der Waals surface area contributed by atoms with Gasteiger partial charge in [0.2, 0.25) is 0 Å². The lowest BCUT2D eigenvalue weighted by Crippen LogP contribution is -2.01. The van der Waals surface area contributed by atoms with Crippen molar-refractivity contribution in [1.29, 1.82) is 5.26 Å². The van der Waals surface area contributed by atoms with E-state index in [2.05, 4.69) is 27.0 Å². The summed E-state index contributed by atoms with van der Waals surface area (Å²) in [7, 11) is 0. The van der Waals surface area contributed by atoms with Gasteiger partial charge in [-0.3, -0.25) is 0 Å². The van der Waals surface area contributed by atoms with Crippen LogP contribution in [-0.2, 0) is 0 Å². The van der Waals surface area contributed by atoms with Crippen molar-refractivity contribution in [2.24, 2.45) is 0 Å². The number of nitrogens with zero attached hydrogens (tertiary/aromatic N) is 2. The van der Waals surface area contributed by atoms with E-state index in [4.69, 9.17) is 10.5 Å². The number of aromatic nitrogens is 1. The maximum Gasteiger partial charge on any atom is 0.142 e. The highest BCUT2D eigenvalue weighted by molar-refractivity contribution is 9.10. The van der Waals surface area contributed by atoms with Gasteiger partial charge in [0.25, 0.3) is 0 Å². The molecule has 0 radical (unpaired) electrons. The fourth-order valence-corrected chi connectivity index (χ4v) is 3.02. The lowest BCUT2D eigenvalue weighted by Gasteiger charge is -2.14. The van der Waals surface area contributed by atoms with Crippen LogP contribution < -0.4 is 10.5 Å². The van der Waals surface area contributed by atoms with Crippen LogP contribution in [0, 0.1) is 17.1 Å². The minimum atomic E-state index is -0.332. The van der Waals surface area contributed by atoms with E-state index in [-0.39, 0.29) is 17.2 Å². The Morgan fingerprint density at radius 1 is 1.15 bits per heavy atom. The molecular weight excluding hydrogens is 397 g/mol. The van der Waals surface area contributed by atoms with E-state index >= 15 is 0 Å². The van der Waals surface area contributed by atoms with Gasteiger partial charge in [0, 0.05) is 21.2 Å². The molecule has 0 atom stereocenters. The summed E-state index contributed by atoms with van der Waals surface area (Å²) < 4.78 is 19.8. The molecule has 0 saturated carbocycles. The van der Waals surface area contributed by atoms with E-state index in [1.54, 1.807) is 18.2 Å². The Hall–Kier alpha value is -2.91. The van der Waals surface area contributed by atoms with Gasteiger partial charge in [0.1, 0.15) is 29.0 Å². The second-order valence-electron chi connectivity index (χ2n) is 5.51. The Balaban J connectivity index is 2.25. The molecule has 26 heavy (non-hydrogen) atoms. The summed E-state index contributed by atoms with van der Waals surface area (Å²) >= 11 is 3.45. The number of nitriles is 1. The van der Waals surface area contributed by atoms with E-state index in [0.29, 0.717) is 29.2 Å². The second-order valence-corrected chi connectivity index (χ2v) is 6.42. The highest BCUT2D eigenvalue weighted by Crippen LogP contribution is 2.38. The van der Waals surface area contributed by atoms with Gasteiger partial charge in [0.15, 0.2) is 0 Å². The Bertz CT molecular complexity index is 997. The molecule has 3 rings (SSSR count). The van der Waals surface area contributed by atoms with Gasteiger partial charge < -0.3 is 10.5 Å². The van der Waals surface area contributed by atoms with Gasteiger partial charge >= 0.3 is 0 Å². The third kappa shape index (κ3) is 3.53. The predicted molar refractivity (Wildman–Crippen MR) is 103 cm³/mol. The minimum Gasteiger partial charge on any atom is -0.493 e. The van der Waals surface area contributed by atoms with Crippen molar-refractivity contribution in [2.75, 3.05) is 12.3 Å². The van der Waals surface area contributed by atoms with Crippen LogP contribution in [0.25, 0.3) is 22.4 Å². The van der Waals surface area contributed by atoms with Crippen LogP contribution in [0.5, 0.6) is 5.75 Å². The normalized spacial score (nSPS) is 10.4. The third-order valence-electron chi connectivity index (χ3n) is 3.83. The molecule has 0 amide bonds. The molecule has 2 N–H and O–H groups in total. The first-order chi connectivity index (χ1) is 12.5. The molecule has 6 heteroatoms. The van der Waals surface area contributed by atoms with Gasteiger partial charge in [0.05, 0.1) is 12.3 Å². The quantitative estimate of drug-likeness (QED) is 0.642. The van der Waals surface area contributed by atoms with Gasteiger partial charge in [-0.1, -0.05) is 15.9 Å². The Kier molecular flexibility index (Phi) is 5.19. The number of hydrogen-bond donors (Lipinski definition) is 1. The van der Waals surface area contributed by atoms with Crippen molar-refractivity contribution in [3.8, 4) is 34.2 Å². The minimum absolute atomic E-state index is 0.117. The highest BCUT2D eigenvalue weighted by atomic mass is 79.9. The molecule has 0 aliphatic heterocycles. The van der Waals surface area contributed by atoms with Crippen LogP contribution in [-0.4, -0.2) is 11.6 Å². The zero-order valence-corrected chi connectivity index (χ0v) is 15.5. The van der Waals surface area contributed by atoms with Crippen molar-refractivity contribution >= 4 is 21.7 Å². The van der Waals surface area contributed by atoms with E-state index in [1.807, 2.05) is 25.1 Å². The summed E-state index contributed by atoms with van der Waals surface area (Å²) in [5.74, 6) is 0.427. The van der Waals surface area contributed by atoms with Crippen LogP contribution in [0.15, 0.2) is 53.0 Å². The second kappa shape index (κ2) is 7.54. The molecule has 1 aromatic heterocycles. The molecule has 2 aromatic carbocycles. The number of nitrogens with two attached hydrogens (primary N) is 1. The molecular formula is C20H15BrFN3O. The Morgan fingerprint density at radius 2 is 1.88 bits per heavy atom. The summed E-state index contributed by atoms with van der Waals surface area (Å²) in [4.78, 5) is 4.31. The van der Waals surface area contributed by atoms with Gasteiger partial charge in [-0.25, -0.2) is 9.37 Å². The molecule has 4 nitrogen and oxygen atoms in total. The van der Waals surface area contributed by atoms with E-state index in [1.165, 1.54) is 12.1 Å². The van der Waals surface area contributed by atoms with Crippen molar-refractivity contribution in [3.05, 3.63) is 64.4 Å². The lowest BCUT2D eigenvalue weighted by molar-refractivity contribution is 0.341.